The Morgan fingerprint density at radius 2 is 1.93 bits per heavy atom. The van der Waals surface area contributed by atoms with Crippen molar-refractivity contribution in [1.82, 2.24) is 5.48 Å². The lowest BCUT2D eigenvalue weighted by molar-refractivity contribution is 0.0860. The average Bonchev–Trinajstić information content (AvgIpc) is 2.25. The summed E-state index contributed by atoms with van der Waals surface area (Å²) in [6.45, 7) is 0.421. The third-order valence-corrected chi connectivity index (χ3v) is 1.95. The van der Waals surface area contributed by atoms with E-state index >= 15 is 0 Å². The number of hydroxylamine groups is 1. The van der Waals surface area contributed by atoms with Crippen LogP contribution in [-0.4, -0.2) is 26.4 Å². The van der Waals surface area contributed by atoms with Crippen molar-refractivity contribution in [2.24, 2.45) is 0 Å². The van der Waals surface area contributed by atoms with Crippen LogP contribution in [0.25, 0.3) is 0 Å². The first-order valence-corrected chi connectivity index (χ1v) is 4.42. The highest BCUT2D eigenvalue weighted by Crippen LogP contribution is 2.34. The van der Waals surface area contributed by atoms with Crippen molar-refractivity contribution in [2.45, 2.75) is 6.54 Å². The highest BCUT2D eigenvalue weighted by molar-refractivity contribution is 5.51. The number of phenols is 1. The summed E-state index contributed by atoms with van der Waals surface area (Å²) in [4.78, 5) is 4.73. The summed E-state index contributed by atoms with van der Waals surface area (Å²) >= 11 is 0. The zero-order valence-electron chi connectivity index (χ0n) is 9.03. The van der Waals surface area contributed by atoms with E-state index in [2.05, 4.69) is 5.48 Å². The monoisotopic (exact) mass is 213 g/mol. The normalized spacial score (nSPS) is 10.1. The molecule has 1 rings (SSSR count). The fourth-order valence-corrected chi connectivity index (χ4v) is 1.31. The van der Waals surface area contributed by atoms with Crippen molar-refractivity contribution in [3.8, 4) is 17.2 Å². The maximum atomic E-state index is 9.44. The quantitative estimate of drug-likeness (QED) is 0.716. The number of phenolic OH excluding ortho intramolecular Hbond substituents is 1. The Hall–Kier alpha value is -1.46. The third-order valence-electron chi connectivity index (χ3n) is 1.95. The van der Waals surface area contributed by atoms with Crippen LogP contribution in [-0.2, 0) is 11.4 Å². The molecule has 0 saturated heterocycles. The van der Waals surface area contributed by atoms with E-state index in [1.165, 1.54) is 20.3 Å². The Morgan fingerprint density at radius 3 is 2.47 bits per heavy atom. The highest BCUT2D eigenvalue weighted by Gasteiger charge is 2.11. The molecule has 0 bridgehead atoms. The standard InChI is InChI=1S/C10H15NO4/c1-13-9-5-8(12)4-7(6-11-15-3)10(9)14-2/h4-5,11-12H,6H2,1-3H3. The fourth-order valence-electron chi connectivity index (χ4n) is 1.31. The van der Waals surface area contributed by atoms with E-state index in [0.29, 0.717) is 18.0 Å². The first kappa shape index (κ1) is 11.6. The molecule has 0 saturated carbocycles. The van der Waals surface area contributed by atoms with Crippen LogP contribution in [0.4, 0.5) is 0 Å². The Balaban J connectivity index is 3.05. The van der Waals surface area contributed by atoms with E-state index < -0.39 is 0 Å². The van der Waals surface area contributed by atoms with Crippen LogP contribution >= 0.6 is 0 Å². The van der Waals surface area contributed by atoms with E-state index in [1.54, 1.807) is 13.2 Å². The number of nitrogens with one attached hydrogen (secondary N) is 1. The van der Waals surface area contributed by atoms with Crippen molar-refractivity contribution in [3.63, 3.8) is 0 Å². The number of ether oxygens (including phenoxy) is 2. The van der Waals surface area contributed by atoms with E-state index in [0.717, 1.165) is 5.56 Å². The van der Waals surface area contributed by atoms with Gasteiger partial charge >= 0.3 is 0 Å². The van der Waals surface area contributed by atoms with E-state index in [9.17, 15) is 5.11 Å². The maximum absolute atomic E-state index is 9.44. The molecule has 0 spiro atoms. The van der Waals surface area contributed by atoms with Crippen LogP contribution < -0.4 is 15.0 Å². The molecular weight excluding hydrogens is 198 g/mol. The van der Waals surface area contributed by atoms with E-state index in [-0.39, 0.29) is 5.75 Å². The molecule has 0 heterocycles. The van der Waals surface area contributed by atoms with Gasteiger partial charge in [-0.2, -0.15) is 5.48 Å². The van der Waals surface area contributed by atoms with Gasteiger partial charge < -0.3 is 19.4 Å². The number of hydrogen-bond donors (Lipinski definition) is 2. The van der Waals surface area contributed by atoms with Gasteiger partial charge in [-0.25, -0.2) is 0 Å². The number of rotatable bonds is 5. The van der Waals surface area contributed by atoms with Crippen LogP contribution in [0.5, 0.6) is 17.2 Å². The van der Waals surface area contributed by atoms with Crippen LogP contribution in [0.15, 0.2) is 12.1 Å². The number of hydrogen-bond acceptors (Lipinski definition) is 5. The zero-order chi connectivity index (χ0) is 11.3. The van der Waals surface area contributed by atoms with Crippen molar-refractivity contribution >= 4 is 0 Å². The molecule has 84 valence electrons. The number of methoxy groups -OCH3 is 2. The molecule has 0 atom stereocenters. The van der Waals surface area contributed by atoms with Crippen molar-refractivity contribution < 1.29 is 19.4 Å². The van der Waals surface area contributed by atoms with Gasteiger partial charge in [0.15, 0.2) is 11.5 Å². The van der Waals surface area contributed by atoms with Gasteiger partial charge in [0.05, 0.1) is 21.3 Å². The van der Waals surface area contributed by atoms with Gasteiger partial charge in [-0.1, -0.05) is 0 Å². The first-order valence-electron chi connectivity index (χ1n) is 4.42. The smallest absolute Gasteiger partial charge is 0.165 e. The molecule has 5 heteroatoms. The Bertz CT molecular complexity index is 327. The van der Waals surface area contributed by atoms with Crippen LogP contribution in [0.3, 0.4) is 0 Å². The van der Waals surface area contributed by atoms with Gasteiger partial charge in [0.25, 0.3) is 0 Å². The Kier molecular flexibility index (Phi) is 4.20. The summed E-state index contributed by atoms with van der Waals surface area (Å²) in [6.07, 6.45) is 0. The topological polar surface area (TPSA) is 60.0 Å². The molecule has 0 amide bonds. The second-order valence-corrected chi connectivity index (χ2v) is 2.87. The largest absolute Gasteiger partial charge is 0.508 e. The summed E-state index contributed by atoms with van der Waals surface area (Å²) in [6, 6.07) is 3.09. The second kappa shape index (κ2) is 5.43. The molecule has 15 heavy (non-hydrogen) atoms. The predicted molar refractivity (Wildman–Crippen MR) is 55.1 cm³/mol. The number of benzene rings is 1. The molecule has 0 aliphatic heterocycles. The summed E-state index contributed by atoms with van der Waals surface area (Å²) in [5.41, 5.74) is 3.43. The maximum Gasteiger partial charge on any atom is 0.165 e. The van der Waals surface area contributed by atoms with Gasteiger partial charge in [-0.05, 0) is 6.07 Å². The molecule has 0 aromatic heterocycles. The summed E-state index contributed by atoms with van der Waals surface area (Å²) in [7, 11) is 4.59. The van der Waals surface area contributed by atoms with Gasteiger partial charge in [0.1, 0.15) is 5.75 Å². The Labute approximate surface area is 88.5 Å². The molecule has 0 unspecified atom stereocenters. The summed E-state index contributed by atoms with van der Waals surface area (Å²) in [5.74, 6) is 1.20. The molecule has 0 fully saturated rings. The highest BCUT2D eigenvalue weighted by atomic mass is 16.6. The minimum atomic E-state index is 0.126. The Morgan fingerprint density at radius 1 is 1.20 bits per heavy atom. The van der Waals surface area contributed by atoms with Crippen molar-refractivity contribution in [2.75, 3.05) is 21.3 Å². The second-order valence-electron chi connectivity index (χ2n) is 2.87. The van der Waals surface area contributed by atoms with Crippen molar-refractivity contribution in [1.29, 1.82) is 0 Å². The molecular formula is C10H15NO4. The van der Waals surface area contributed by atoms with Crippen molar-refractivity contribution in [3.05, 3.63) is 17.7 Å². The molecule has 1 aromatic rings. The molecule has 0 radical (unpaired) electrons. The lowest BCUT2D eigenvalue weighted by atomic mass is 10.1. The SMILES string of the molecule is CONCc1cc(O)cc(OC)c1OC. The molecule has 0 aliphatic carbocycles. The van der Waals surface area contributed by atoms with Gasteiger partial charge in [-0.15, -0.1) is 0 Å². The zero-order valence-corrected chi connectivity index (χ0v) is 9.03. The van der Waals surface area contributed by atoms with Gasteiger partial charge in [0, 0.05) is 18.2 Å². The minimum absolute atomic E-state index is 0.126. The summed E-state index contributed by atoms with van der Waals surface area (Å²) < 4.78 is 10.3. The molecule has 2 N–H and O–H groups in total. The van der Waals surface area contributed by atoms with Gasteiger partial charge in [-0.3, -0.25) is 0 Å². The van der Waals surface area contributed by atoms with Crippen LogP contribution in [0.1, 0.15) is 5.56 Å². The third kappa shape index (κ3) is 2.74. The van der Waals surface area contributed by atoms with Crippen LogP contribution in [0, 0.1) is 0 Å². The predicted octanol–water partition coefficient (Wildman–Crippen LogP) is 1.06. The van der Waals surface area contributed by atoms with E-state index in [4.69, 9.17) is 14.3 Å². The number of aromatic hydroxyl groups is 1. The lowest BCUT2D eigenvalue weighted by Crippen LogP contribution is -2.11. The fraction of sp³-hybridized carbons (Fsp3) is 0.400. The minimum Gasteiger partial charge on any atom is -0.508 e. The molecule has 0 aliphatic rings. The first-order chi connectivity index (χ1) is 7.22. The van der Waals surface area contributed by atoms with Gasteiger partial charge in [0.2, 0.25) is 0 Å². The molecule has 5 nitrogen and oxygen atoms in total. The van der Waals surface area contributed by atoms with Crippen LogP contribution in [0.2, 0.25) is 0 Å². The van der Waals surface area contributed by atoms with E-state index in [1.807, 2.05) is 0 Å². The average molecular weight is 213 g/mol. The summed E-state index contributed by atoms with van der Waals surface area (Å²) in [5, 5.41) is 9.44. The molecule has 1 aromatic carbocycles. The lowest BCUT2D eigenvalue weighted by Gasteiger charge is -2.13.